The Morgan fingerprint density at radius 3 is 2.52 bits per heavy atom. The molecule has 27 heavy (non-hydrogen) atoms. The van der Waals surface area contributed by atoms with Gasteiger partial charge in [0.05, 0.1) is 12.1 Å². The SMILES string of the molecule is Cc1ccc2c(c1)NC(=O)[C@@H](CC(=O)NCCN(CC(C)C)CC(C)C)O2. The van der Waals surface area contributed by atoms with Gasteiger partial charge in [0.2, 0.25) is 5.91 Å². The number of nitrogens with one attached hydrogen (secondary N) is 2. The van der Waals surface area contributed by atoms with Crippen LogP contribution in [-0.4, -0.2) is 49.0 Å². The van der Waals surface area contributed by atoms with Crippen LogP contribution < -0.4 is 15.4 Å². The quantitative estimate of drug-likeness (QED) is 0.696. The predicted molar refractivity (Wildman–Crippen MR) is 108 cm³/mol. The minimum absolute atomic E-state index is 0.0213. The molecule has 0 aliphatic carbocycles. The van der Waals surface area contributed by atoms with Crippen LogP contribution in [-0.2, 0) is 9.59 Å². The molecule has 150 valence electrons. The van der Waals surface area contributed by atoms with Gasteiger partial charge in [-0.1, -0.05) is 33.8 Å². The van der Waals surface area contributed by atoms with Crippen LogP contribution in [0, 0.1) is 18.8 Å². The number of ether oxygens (including phenoxy) is 1. The Bertz CT molecular complexity index is 648. The summed E-state index contributed by atoms with van der Waals surface area (Å²) in [7, 11) is 0. The molecule has 0 aromatic heterocycles. The van der Waals surface area contributed by atoms with Gasteiger partial charge in [0.1, 0.15) is 5.75 Å². The highest BCUT2D eigenvalue weighted by atomic mass is 16.5. The molecular formula is C21H33N3O3. The molecule has 0 unspecified atom stereocenters. The number of carbonyl (C=O) groups excluding carboxylic acids is 2. The zero-order chi connectivity index (χ0) is 20.0. The van der Waals surface area contributed by atoms with E-state index in [4.69, 9.17) is 4.74 Å². The van der Waals surface area contributed by atoms with Crippen LogP contribution in [0.25, 0.3) is 0 Å². The van der Waals surface area contributed by atoms with Gasteiger partial charge in [-0.15, -0.1) is 0 Å². The predicted octanol–water partition coefficient (Wildman–Crippen LogP) is 2.81. The van der Waals surface area contributed by atoms with E-state index in [0.717, 1.165) is 25.2 Å². The highest BCUT2D eigenvalue weighted by molar-refractivity contribution is 6.00. The maximum atomic E-state index is 12.3. The minimum Gasteiger partial charge on any atom is -0.478 e. The lowest BCUT2D eigenvalue weighted by Crippen LogP contribution is -2.43. The molecule has 1 aliphatic rings. The van der Waals surface area contributed by atoms with Crippen molar-refractivity contribution in [2.75, 3.05) is 31.5 Å². The third-order valence-electron chi connectivity index (χ3n) is 4.32. The second-order valence-corrected chi connectivity index (χ2v) is 8.20. The largest absolute Gasteiger partial charge is 0.478 e. The van der Waals surface area contributed by atoms with Crippen LogP contribution >= 0.6 is 0 Å². The van der Waals surface area contributed by atoms with Gasteiger partial charge in [-0.05, 0) is 36.5 Å². The molecule has 1 aliphatic heterocycles. The highest BCUT2D eigenvalue weighted by Crippen LogP contribution is 2.30. The van der Waals surface area contributed by atoms with Gasteiger partial charge in [-0.2, -0.15) is 0 Å². The number of aryl methyl sites for hydroxylation is 1. The van der Waals surface area contributed by atoms with E-state index in [0.29, 0.717) is 29.8 Å². The van der Waals surface area contributed by atoms with Gasteiger partial charge in [0.15, 0.2) is 6.10 Å². The molecular weight excluding hydrogens is 342 g/mol. The summed E-state index contributed by atoms with van der Waals surface area (Å²) < 4.78 is 5.72. The molecule has 2 amide bonds. The van der Waals surface area contributed by atoms with Crippen LogP contribution in [0.3, 0.4) is 0 Å². The van der Waals surface area contributed by atoms with Crippen molar-refractivity contribution >= 4 is 17.5 Å². The van der Waals surface area contributed by atoms with Crippen LogP contribution in [0.1, 0.15) is 39.7 Å². The average molecular weight is 376 g/mol. The summed E-state index contributed by atoms with van der Waals surface area (Å²) in [5.41, 5.74) is 1.70. The van der Waals surface area contributed by atoms with E-state index >= 15 is 0 Å². The first-order valence-corrected chi connectivity index (χ1v) is 9.81. The van der Waals surface area contributed by atoms with Crippen LogP contribution in [0.2, 0.25) is 0 Å². The van der Waals surface area contributed by atoms with Gasteiger partial charge >= 0.3 is 0 Å². The summed E-state index contributed by atoms with van der Waals surface area (Å²) >= 11 is 0. The Balaban J connectivity index is 1.81. The Labute approximate surface area is 162 Å². The lowest BCUT2D eigenvalue weighted by atomic mass is 10.1. The van der Waals surface area contributed by atoms with Crippen molar-refractivity contribution in [3.8, 4) is 5.75 Å². The van der Waals surface area contributed by atoms with Crippen LogP contribution in [0.4, 0.5) is 5.69 Å². The molecule has 1 aromatic rings. The molecule has 0 saturated heterocycles. The van der Waals surface area contributed by atoms with E-state index in [1.165, 1.54) is 0 Å². The number of nitrogens with zero attached hydrogens (tertiary/aromatic N) is 1. The van der Waals surface area contributed by atoms with Crippen LogP contribution in [0.5, 0.6) is 5.75 Å². The highest BCUT2D eigenvalue weighted by Gasteiger charge is 2.29. The molecule has 2 rings (SSSR count). The summed E-state index contributed by atoms with van der Waals surface area (Å²) in [5, 5.41) is 5.74. The minimum atomic E-state index is -0.789. The Morgan fingerprint density at radius 2 is 1.89 bits per heavy atom. The molecule has 0 saturated carbocycles. The first-order valence-electron chi connectivity index (χ1n) is 9.81. The Hall–Kier alpha value is -2.08. The third kappa shape index (κ3) is 6.86. The van der Waals surface area contributed by atoms with Crippen molar-refractivity contribution in [2.24, 2.45) is 11.8 Å². The fraction of sp³-hybridized carbons (Fsp3) is 0.619. The van der Waals surface area contributed by atoms with Crippen molar-refractivity contribution in [3.63, 3.8) is 0 Å². The van der Waals surface area contributed by atoms with Gasteiger partial charge in [-0.25, -0.2) is 0 Å². The molecule has 0 radical (unpaired) electrons. The van der Waals surface area contributed by atoms with E-state index in [1.54, 1.807) is 0 Å². The first kappa shape index (κ1) is 21.2. The number of fused-ring (bicyclic) bond motifs is 1. The second kappa shape index (κ2) is 9.74. The number of benzene rings is 1. The number of amides is 2. The van der Waals surface area contributed by atoms with Gasteiger partial charge in [0, 0.05) is 26.2 Å². The summed E-state index contributed by atoms with van der Waals surface area (Å²) in [6.45, 7) is 14.2. The Kier molecular flexibility index (Phi) is 7.66. The standard InChI is InChI=1S/C21H33N3O3/c1-14(2)12-24(13-15(3)4)9-8-22-20(25)11-19-21(26)23-17-10-16(5)6-7-18(17)27-19/h6-7,10,14-15,19H,8-9,11-13H2,1-5H3,(H,22,25)(H,23,26)/t19-/m1/s1. The Morgan fingerprint density at radius 1 is 1.22 bits per heavy atom. The zero-order valence-electron chi connectivity index (χ0n) is 17.2. The number of rotatable bonds is 9. The molecule has 6 heteroatoms. The van der Waals surface area contributed by atoms with E-state index in [2.05, 4.69) is 43.2 Å². The summed E-state index contributed by atoms with van der Waals surface area (Å²) in [6.07, 6.45) is -0.768. The van der Waals surface area contributed by atoms with Crippen molar-refractivity contribution in [1.82, 2.24) is 10.2 Å². The van der Waals surface area contributed by atoms with Crippen LogP contribution in [0.15, 0.2) is 18.2 Å². The van der Waals surface area contributed by atoms with E-state index in [-0.39, 0.29) is 18.2 Å². The number of hydrogen-bond acceptors (Lipinski definition) is 4. The molecule has 1 heterocycles. The summed E-state index contributed by atoms with van der Waals surface area (Å²) in [4.78, 5) is 26.8. The first-order chi connectivity index (χ1) is 12.7. The lowest BCUT2D eigenvalue weighted by molar-refractivity contribution is -0.130. The molecule has 2 N–H and O–H groups in total. The number of anilines is 1. The summed E-state index contributed by atoms with van der Waals surface area (Å²) in [5.74, 6) is 1.34. The second-order valence-electron chi connectivity index (χ2n) is 8.20. The third-order valence-corrected chi connectivity index (χ3v) is 4.32. The zero-order valence-corrected chi connectivity index (χ0v) is 17.2. The molecule has 0 bridgehead atoms. The van der Waals surface area contributed by atoms with Gasteiger partial charge in [-0.3, -0.25) is 9.59 Å². The molecule has 1 aromatic carbocycles. The smallest absolute Gasteiger partial charge is 0.266 e. The maximum Gasteiger partial charge on any atom is 0.266 e. The van der Waals surface area contributed by atoms with Crippen molar-refractivity contribution in [3.05, 3.63) is 23.8 Å². The maximum absolute atomic E-state index is 12.3. The van der Waals surface area contributed by atoms with E-state index < -0.39 is 6.10 Å². The monoisotopic (exact) mass is 375 g/mol. The molecule has 0 spiro atoms. The van der Waals surface area contributed by atoms with Gasteiger partial charge in [0.25, 0.3) is 5.91 Å². The number of hydrogen-bond donors (Lipinski definition) is 2. The molecule has 0 fully saturated rings. The normalized spacial score (nSPS) is 16.3. The fourth-order valence-electron chi connectivity index (χ4n) is 3.28. The van der Waals surface area contributed by atoms with E-state index in [1.807, 2.05) is 25.1 Å². The van der Waals surface area contributed by atoms with Gasteiger partial charge < -0.3 is 20.3 Å². The average Bonchev–Trinajstić information content (AvgIpc) is 2.54. The van der Waals surface area contributed by atoms with E-state index in [9.17, 15) is 9.59 Å². The molecule has 6 nitrogen and oxygen atoms in total. The summed E-state index contributed by atoms with van der Waals surface area (Å²) in [6, 6.07) is 5.61. The molecule has 1 atom stereocenters. The topological polar surface area (TPSA) is 70.7 Å². The fourth-order valence-corrected chi connectivity index (χ4v) is 3.28. The lowest BCUT2D eigenvalue weighted by Gasteiger charge is -2.27. The van der Waals surface area contributed by atoms with Crippen molar-refractivity contribution in [1.29, 1.82) is 0 Å². The van der Waals surface area contributed by atoms with Crippen molar-refractivity contribution in [2.45, 2.75) is 47.1 Å². The van der Waals surface area contributed by atoms with Crippen molar-refractivity contribution < 1.29 is 14.3 Å². The number of carbonyl (C=O) groups is 2.